The van der Waals surface area contributed by atoms with Gasteiger partial charge in [-0.05, 0) is 58.4 Å². The molecule has 1 amide bonds. The van der Waals surface area contributed by atoms with E-state index in [1.807, 2.05) is 0 Å². The van der Waals surface area contributed by atoms with Gasteiger partial charge in [-0.25, -0.2) is 13.4 Å². The highest BCUT2D eigenvalue weighted by molar-refractivity contribution is 7.91. The molecule has 0 radical (unpaired) electrons. The molecule has 3 rings (SSSR count). The van der Waals surface area contributed by atoms with Crippen LogP contribution in [-0.4, -0.2) is 58.9 Å². The lowest BCUT2D eigenvalue weighted by Crippen LogP contribution is -2.36. The number of aromatic nitrogens is 3. The van der Waals surface area contributed by atoms with Crippen molar-refractivity contribution >= 4 is 33.2 Å². The highest BCUT2D eigenvalue weighted by atomic mass is 35.5. The summed E-state index contributed by atoms with van der Waals surface area (Å²) in [6.07, 6.45) is -6.66. The van der Waals surface area contributed by atoms with Crippen LogP contribution in [0, 0.1) is 5.92 Å². The number of aryl methyl sites for hydroxylation is 1. The number of amides is 1. The molecule has 8 nitrogen and oxygen atoms in total. The number of halogens is 7. The summed E-state index contributed by atoms with van der Waals surface area (Å²) in [5.74, 6) is -1.11. The van der Waals surface area contributed by atoms with Gasteiger partial charge in [0.1, 0.15) is 15.7 Å². The predicted molar refractivity (Wildman–Crippen MR) is 142 cm³/mol. The van der Waals surface area contributed by atoms with E-state index in [4.69, 9.17) is 11.6 Å². The number of pyridine rings is 1. The quantitative estimate of drug-likeness (QED) is 0.324. The van der Waals surface area contributed by atoms with E-state index in [2.05, 4.69) is 20.7 Å². The molecule has 41 heavy (non-hydrogen) atoms. The molecule has 0 aliphatic heterocycles. The number of anilines is 1. The van der Waals surface area contributed by atoms with Crippen LogP contribution in [0.2, 0.25) is 5.02 Å². The molecule has 1 saturated carbocycles. The van der Waals surface area contributed by atoms with Crippen molar-refractivity contribution in [2.24, 2.45) is 5.92 Å². The van der Waals surface area contributed by atoms with Crippen LogP contribution >= 0.6 is 11.6 Å². The van der Waals surface area contributed by atoms with Crippen LogP contribution in [0.4, 0.5) is 32.2 Å². The first-order valence-corrected chi connectivity index (χ1v) is 15.2. The first-order chi connectivity index (χ1) is 18.7. The molecule has 2 N–H and O–H groups in total. The van der Waals surface area contributed by atoms with E-state index in [9.17, 15) is 39.6 Å². The summed E-state index contributed by atoms with van der Waals surface area (Å²) in [6, 6.07) is 0.601. The van der Waals surface area contributed by atoms with Gasteiger partial charge < -0.3 is 10.6 Å². The fraction of sp³-hybridized carbons (Fsp3) is 0.640. The molecule has 0 aromatic carbocycles. The van der Waals surface area contributed by atoms with Gasteiger partial charge in [0, 0.05) is 36.6 Å². The minimum absolute atomic E-state index is 0.0196. The first-order valence-electron chi connectivity index (χ1n) is 12.9. The van der Waals surface area contributed by atoms with Crippen LogP contribution in [0.1, 0.15) is 68.9 Å². The molecular weight excluding hydrogens is 600 g/mol. The third-order valence-corrected chi connectivity index (χ3v) is 8.97. The highest BCUT2D eigenvalue weighted by Crippen LogP contribution is 2.42. The molecule has 16 heteroatoms. The topological polar surface area (TPSA) is 106 Å². The largest absolute Gasteiger partial charge is 0.417 e. The summed E-state index contributed by atoms with van der Waals surface area (Å²) in [5, 5.41) is 8.46. The molecule has 0 unspecified atom stereocenters. The number of hydrogen-bond donors (Lipinski definition) is 2. The van der Waals surface area contributed by atoms with Gasteiger partial charge in [0.05, 0.1) is 28.0 Å². The SMILES string of the molecule is CCn1nc(C(=O)NCC2CCC(S(C)(=O)=O)CC2)c(Cl)c1-c1cnc(NC(C)(C)CC(F)(F)F)cc1C(F)(F)F. The van der Waals surface area contributed by atoms with Gasteiger partial charge in [-0.2, -0.15) is 31.4 Å². The zero-order valence-corrected chi connectivity index (χ0v) is 24.5. The standard InChI is InChI=1S/C25H32ClF6N5O3S/c1-5-37-21(16-12-33-18(10-17(16)25(30,31)32)35-23(2,3)13-24(27,28)29)19(26)20(36-37)22(38)34-11-14-6-8-15(9-7-14)41(4,39)40/h10,12,14-15H,5-9,11,13H2,1-4H3,(H,33,35)(H,34,38). The number of sulfone groups is 1. The Hall–Kier alpha value is -2.55. The van der Waals surface area contributed by atoms with E-state index in [0.29, 0.717) is 31.7 Å². The minimum Gasteiger partial charge on any atom is -0.365 e. The van der Waals surface area contributed by atoms with Gasteiger partial charge in [-0.15, -0.1) is 0 Å². The molecular formula is C25H32ClF6N5O3S. The maximum absolute atomic E-state index is 14.2. The molecule has 0 bridgehead atoms. The number of hydrogen-bond acceptors (Lipinski definition) is 6. The van der Waals surface area contributed by atoms with Crippen molar-refractivity contribution in [3.63, 3.8) is 0 Å². The van der Waals surface area contributed by atoms with Gasteiger partial charge >= 0.3 is 12.4 Å². The van der Waals surface area contributed by atoms with E-state index >= 15 is 0 Å². The normalized spacial score (nSPS) is 18.8. The van der Waals surface area contributed by atoms with Gasteiger partial charge in [0.15, 0.2) is 5.69 Å². The zero-order chi connectivity index (χ0) is 31.0. The monoisotopic (exact) mass is 631 g/mol. The van der Waals surface area contributed by atoms with Gasteiger partial charge in [-0.1, -0.05) is 11.6 Å². The van der Waals surface area contributed by atoms with E-state index in [-0.39, 0.29) is 35.4 Å². The molecule has 0 saturated heterocycles. The fourth-order valence-corrected chi connectivity index (χ4v) is 6.45. The van der Waals surface area contributed by atoms with Gasteiger partial charge in [0.2, 0.25) is 0 Å². The predicted octanol–water partition coefficient (Wildman–Crippen LogP) is 6.11. The van der Waals surface area contributed by atoms with Crippen molar-refractivity contribution in [1.29, 1.82) is 0 Å². The molecule has 2 heterocycles. The molecule has 230 valence electrons. The van der Waals surface area contributed by atoms with Crippen LogP contribution in [0.25, 0.3) is 11.3 Å². The van der Waals surface area contributed by atoms with E-state index in [1.165, 1.54) is 20.1 Å². The van der Waals surface area contributed by atoms with Crippen molar-refractivity contribution in [2.45, 2.75) is 82.6 Å². The Kier molecular flexibility index (Phi) is 9.63. The molecule has 0 spiro atoms. The van der Waals surface area contributed by atoms with Gasteiger partial charge in [-0.3, -0.25) is 9.48 Å². The van der Waals surface area contributed by atoms with Crippen LogP contribution < -0.4 is 10.6 Å². The average Bonchev–Trinajstić information content (AvgIpc) is 3.16. The lowest BCUT2D eigenvalue weighted by atomic mass is 9.89. The molecule has 1 aliphatic rings. The summed E-state index contributed by atoms with van der Waals surface area (Å²) < 4.78 is 106. The molecule has 0 atom stereocenters. The Morgan fingerprint density at radius 3 is 2.24 bits per heavy atom. The number of carbonyl (C=O) groups is 1. The van der Waals surface area contributed by atoms with E-state index < -0.39 is 62.3 Å². The Morgan fingerprint density at radius 1 is 1.12 bits per heavy atom. The van der Waals surface area contributed by atoms with Crippen LogP contribution in [0.3, 0.4) is 0 Å². The lowest BCUT2D eigenvalue weighted by molar-refractivity contribution is -0.143. The Labute approximate surface area is 239 Å². The third-order valence-electron chi connectivity index (χ3n) is 6.93. The van der Waals surface area contributed by atoms with Crippen molar-refractivity contribution in [2.75, 3.05) is 18.1 Å². The van der Waals surface area contributed by atoms with Crippen molar-refractivity contribution in [3.05, 3.63) is 28.5 Å². The van der Waals surface area contributed by atoms with Crippen LogP contribution in [0.5, 0.6) is 0 Å². The first kappa shape index (κ1) is 33.0. The number of alkyl halides is 6. The second kappa shape index (κ2) is 12.0. The lowest BCUT2D eigenvalue weighted by Gasteiger charge is -2.28. The van der Waals surface area contributed by atoms with Crippen LogP contribution in [-0.2, 0) is 22.6 Å². The molecule has 1 aliphatic carbocycles. The third kappa shape index (κ3) is 8.49. The second-order valence-electron chi connectivity index (χ2n) is 10.9. The van der Waals surface area contributed by atoms with E-state index in [0.717, 1.165) is 10.9 Å². The number of rotatable bonds is 9. The summed E-state index contributed by atoms with van der Waals surface area (Å²) in [5.41, 5.74) is -3.87. The van der Waals surface area contributed by atoms with Crippen LogP contribution in [0.15, 0.2) is 12.3 Å². The molecule has 1 fully saturated rings. The summed E-state index contributed by atoms with van der Waals surface area (Å²) >= 11 is 6.42. The van der Waals surface area contributed by atoms with Crippen molar-refractivity contribution < 1.29 is 39.6 Å². The minimum atomic E-state index is -4.94. The Balaban J connectivity index is 1.87. The summed E-state index contributed by atoms with van der Waals surface area (Å²) in [7, 11) is -3.15. The Morgan fingerprint density at radius 2 is 1.73 bits per heavy atom. The molecule has 2 aromatic heterocycles. The summed E-state index contributed by atoms with van der Waals surface area (Å²) in [4.78, 5) is 16.9. The smallest absolute Gasteiger partial charge is 0.365 e. The summed E-state index contributed by atoms with van der Waals surface area (Å²) in [6.45, 7) is 4.23. The maximum atomic E-state index is 14.2. The van der Waals surface area contributed by atoms with Gasteiger partial charge in [0.25, 0.3) is 5.91 Å². The fourth-order valence-electron chi connectivity index (χ4n) is 5.00. The van der Waals surface area contributed by atoms with Crippen molar-refractivity contribution in [1.82, 2.24) is 20.1 Å². The Bertz CT molecular complexity index is 1370. The van der Waals surface area contributed by atoms with E-state index in [1.54, 1.807) is 6.92 Å². The number of carbonyl (C=O) groups excluding carboxylic acids is 1. The maximum Gasteiger partial charge on any atom is 0.417 e. The molecule has 2 aromatic rings. The number of nitrogens with one attached hydrogen (secondary N) is 2. The second-order valence-corrected chi connectivity index (χ2v) is 13.6. The number of nitrogens with zero attached hydrogens (tertiary/aromatic N) is 3. The highest BCUT2D eigenvalue weighted by Gasteiger charge is 2.39. The zero-order valence-electron chi connectivity index (χ0n) is 22.9. The average molecular weight is 632 g/mol. The van der Waals surface area contributed by atoms with Crippen molar-refractivity contribution in [3.8, 4) is 11.3 Å².